The monoisotopic (exact) mass is 286 g/mol. The number of rotatable bonds is 4. The Morgan fingerprint density at radius 3 is 1.48 bits per heavy atom. The summed E-state index contributed by atoms with van der Waals surface area (Å²) < 4.78 is 0. The highest BCUT2D eigenvalue weighted by Crippen LogP contribution is 2.15. The lowest BCUT2D eigenvalue weighted by atomic mass is 9.98. The zero-order chi connectivity index (χ0) is 16.1. The molecule has 0 radical (unpaired) electrons. The topological polar surface area (TPSA) is 52.0 Å². The summed E-state index contributed by atoms with van der Waals surface area (Å²) in [6.07, 6.45) is 3.28. The van der Waals surface area contributed by atoms with E-state index in [9.17, 15) is 0 Å². The minimum absolute atomic E-state index is 1.04. The molecule has 116 valence electrons. The summed E-state index contributed by atoms with van der Waals surface area (Å²) >= 11 is 0. The minimum atomic E-state index is 1.04. The van der Waals surface area contributed by atoms with Crippen LogP contribution in [0.3, 0.4) is 0 Å². The van der Waals surface area contributed by atoms with Gasteiger partial charge in [-0.2, -0.15) is 0 Å². The van der Waals surface area contributed by atoms with E-state index in [1.165, 1.54) is 36.3 Å². The molecule has 0 amide bonds. The van der Waals surface area contributed by atoms with Crippen molar-refractivity contribution in [1.82, 2.24) is 0 Å². The van der Waals surface area contributed by atoms with Crippen molar-refractivity contribution in [3.05, 3.63) is 70.8 Å². The molecule has 0 saturated heterocycles. The summed E-state index contributed by atoms with van der Waals surface area (Å²) in [6.45, 7) is 4.45. The van der Waals surface area contributed by atoms with Crippen LogP contribution in [0.2, 0.25) is 0 Å². The second-order valence-corrected chi connectivity index (χ2v) is 4.53. The third-order valence-electron chi connectivity index (χ3n) is 3.18. The molecule has 0 bridgehead atoms. The highest BCUT2D eigenvalue weighted by molar-refractivity contribution is 5.34. The average Bonchev–Trinajstić information content (AvgIpc) is 2.59. The first-order chi connectivity index (χ1) is 10.3. The largest absolute Gasteiger partial charge is 0.333 e. The van der Waals surface area contributed by atoms with Crippen molar-refractivity contribution in [2.24, 2.45) is 11.5 Å². The van der Waals surface area contributed by atoms with E-state index in [-0.39, 0.29) is 0 Å². The molecular weight excluding hydrogens is 256 g/mol. The maximum absolute atomic E-state index is 4.50. The third kappa shape index (κ3) is 7.07. The summed E-state index contributed by atoms with van der Waals surface area (Å²) in [4.78, 5) is 0. The van der Waals surface area contributed by atoms with Gasteiger partial charge in [-0.3, -0.25) is 0 Å². The van der Waals surface area contributed by atoms with Crippen molar-refractivity contribution in [1.29, 1.82) is 0 Å². The summed E-state index contributed by atoms with van der Waals surface area (Å²) in [5.74, 6) is 0. The second kappa shape index (κ2) is 12.1. The standard InChI is InChI=1S/C17H20.2CH5N/c1-3-14-10-15(4-2)12-17(11-14)13-16-8-6-5-7-9-16;2*1-2/h5-12H,3-4,13H2,1-2H3;2*2H2,1H3. The number of hydrogen-bond donors (Lipinski definition) is 2. The Bertz CT molecular complexity index is 456. The highest BCUT2D eigenvalue weighted by Gasteiger charge is 2.00. The van der Waals surface area contributed by atoms with Crippen molar-refractivity contribution in [3.63, 3.8) is 0 Å². The Labute approximate surface area is 130 Å². The van der Waals surface area contributed by atoms with Crippen molar-refractivity contribution in [2.45, 2.75) is 33.1 Å². The quantitative estimate of drug-likeness (QED) is 0.903. The van der Waals surface area contributed by atoms with Crippen LogP contribution in [0.15, 0.2) is 48.5 Å². The van der Waals surface area contributed by atoms with E-state index in [0.29, 0.717) is 0 Å². The highest BCUT2D eigenvalue weighted by atomic mass is 14.4. The van der Waals surface area contributed by atoms with Crippen LogP contribution in [0.5, 0.6) is 0 Å². The van der Waals surface area contributed by atoms with Gasteiger partial charge in [-0.05, 0) is 55.6 Å². The Hall–Kier alpha value is -1.64. The Morgan fingerprint density at radius 2 is 1.05 bits per heavy atom. The van der Waals surface area contributed by atoms with E-state index in [0.717, 1.165) is 19.3 Å². The van der Waals surface area contributed by atoms with Crippen molar-refractivity contribution < 1.29 is 0 Å². The van der Waals surface area contributed by atoms with Crippen LogP contribution in [-0.4, -0.2) is 14.1 Å². The molecule has 0 heterocycles. The Morgan fingerprint density at radius 1 is 0.619 bits per heavy atom. The first kappa shape index (κ1) is 19.4. The number of aryl methyl sites for hydroxylation is 2. The molecule has 4 N–H and O–H groups in total. The lowest BCUT2D eigenvalue weighted by molar-refractivity contribution is 1.06. The van der Waals surface area contributed by atoms with E-state index in [4.69, 9.17) is 0 Å². The van der Waals surface area contributed by atoms with Gasteiger partial charge in [-0.1, -0.05) is 62.4 Å². The third-order valence-corrected chi connectivity index (χ3v) is 3.18. The van der Waals surface area contributed by atoms with Crippen LogP contribution in [0.1, 0.15) is 36.1 Å². The summed E-state index contributed by atoms with van der Waals surface area (Å²) in [5.41, 5.74) is 14.7. The van der Waals surface area contributed by atoms with E-state index in [2.05, 4.69) is 73.8 Å². The fourth-order valence-corrected chi connectivity index (χ4v) is 2.18. The Balaban J connectivity index is 0.000000921. The normalized spacial score (nSPS) is 9.05. The van der Waals surface area contributed by atoms with E-state index < -0.39 is 0 Å². The van der Waals surface area contributed by atoms with Gasteiger partial charge >= 0.3 is 0 Å². The summed E-state index contributed by atoms with van der Waals surface area (Å²) in [6, 6.07) is 17.7. The first-order valence-corrected chi connectivity index (χ1v) is 7.63. The molecule has 0 aliphatic carbocycles. The van der Waals surface area contributed by atoms with Crippen LogP contribution in [0, 0.1) is 0 Å². The van der Waals surface area contributed by atoms with Gasteiger partial charge in [0.05, 0.1) is 0 Å². The molecule has 0 fully saturated rings. The van der Waals surface area contributed by atoms with Gasteiger partial charge < -0.3 is 11.5 Å². The van der Waals surface area contributed by atoms with E-state index in [1.54, 1.807) is 0 Å². The van der Waals surface area contributed by atoms with Gasteiger partial charge in [-0.25, -0.2) is 0 Å². The van der Waals surface area contributed by atoms with Crippen LogP contribution in [0.25, 0.3) is 0 Å². The lowest BCUT2D eigenvalue weighted by Crippen LogP contribution is -1.93. The van der Waals surface area contributed by atoms with Crippen molar-refractivity contribution in [2.75, 3.05) is 14.1 Å². The number of nitrogens with two attached hydrogens (primary N) is 2. The lowest BCUT2D eigenvalue weighted by Gasteiger charge is -2.08. The zero-order valence-corrected chi connectivity index (χ0v) is 13.9. The molecule has 0 unspecified atom stereocenters. The molecule has 0 aliphatic rings. The second-order valence-electron chi connectivity index (χ2n) is 4.53. The van der Waals surface area contributed by atoms with E-state index >= 15 is 0 Å². The van der Waals surface area contributed by atoms with E-state index in [1.807, 2.05) is 0 Å². The molecular formula is C19H30N2. The molecule has 2 rings (SSSR count). The summed E-state index contributed by atoms with van der Waals surface area (Å²) in [7, 11) is 3.00. The number of hydrogen-bond acceptors (Lipinski definition) is 2. The van der Waals surface area contributed by atoms with Crippen LogP contribution < -0.4 is 11.5 Å². The molecule has 2 nitrogen and oxygen atoms in total. The molecule has 0 aliphatic heterocycles. The van der Waals surface area contributed by atoms with Gasteiger partial charge in [0, 0.05) is 0 Å². The average molecular weight is 286 g/mol. The van der Waals surface area contributed by atoms with Crippen LogP contribution in [-0.2, 0) is 19.3 Å². The van der Waals surface area contributed by atoms with Crippen molar-refractivity contribution in [3.8, 4) is 0 Å². The predicted octanol–water partition coefficient (Wildman–Crippen LogP) is 3.55. The maximum atomic E-state index is 4.50. The zero-order valence-electron chi connectivity index (χ0n) is 13.9. The summed E-state index contributed by atoms with van der Waals surface area (Å²) in [5, 5.41) is 0. The molecule has 2 heteroatoms. The molecule has 0 atom stereocenters. The Kier molecular flexibility index (Phi) is 11.2. The van der Waals surface area contributed by atoms with Crippen LogP contribution in [0.4, 0.5) is 0 Å². The number of benzene rings is 2. The van der Waals surface area contributed by atoms with Gasteiger partial charge in [-0.15, -0.1) is 0 Å². The SMILES string of the molecule is CCc1cc(CC)cc(Cc2ccccc2)c1.CN.CN. The molecule has 0 saturated carbocycles. The fourth-order valence-electron chi connectivity index (χ4n) is 2.18. The minimum Gasteiger partial charge on any atom is -0.333 e. The van der Waals surface area contributed by atoms with Gasteiger partial charge in [0.2, 0.25) is 0 Å². The van der Waals surface area contributed by atoms with Crippen LogP contribution >= 0.6 is 0 Å². The molecule has 2 aromatic rings. The van der Waals surface area contributed by atoms with Gasteiger partial charge in [0.25, 0.3) is 0 Å². The first-order valence-electron chi connectivity index (χ1n) is 7.63. The van der Waals surface area contributed by atoms with Gasteiger partial charge in [0.15, 0.2) is 0 Å². The maximum Gasteiger partial charge on any atom is -0.00256 e. The molecule has 0 aromatic heterocycles. The van der Waals surface area contributed by atoms with Crippen molar-refractivity contribution >= 4 is 0 Å². The fraction of sp³-hybridized carbons (Fsp3) is 0.368. The smallest absolute Gasteiger partial charge is 0.00256 e. The predicted molar refractivity (Wildman–Crippen MR) is 94.7 cm³/mol. The molecule has 0 spiro atoms. The molecule has 21 heavy (non-hydrogen) atoms. The molecule has 2 aromatic carbocycles. The van der Waals surface area contributed by atoms with Gasteiger partial charge in [0.1, 0.15) is 0 Å².